The standard InChI is InChI=1S/C30H34O9S/c1-7-20(38-29(31)18(3)4)16-36-27-23-11-9-10-12-24(23)28(37-17-21(8-2)39-30(32)19(5)6)26-15-22(40(33,34)35)13-14-25(26)27/h9-15,20-21H,3,5,7-8,16-17H2,1-2,4,6H3,(H,33,34,35). The molecule has 0 aliphatic rings. The first kappa shape index (κ1) is 30.6. The van der Waals surface area contributed by atoms with Crippen LogP contribution in [0.4, 0.5) is 0 Å². The summed E-state index contributed by atoms with van der Waals surface area (Å²) in [6.45, 7) is 14.0. The highest BCUT2D eigenvalue weighted by Crippen LogP contribution is 2.43. The molecule has 0 fully saturated rings. The highest BCUT2D eigenvalue weighted by Gasteiger charge is 2.23. The van der Waals surface area contributed by atoms with E-state index in [1.54, 1.807) is 26.0 Å². The van der Waals surface area contributed by atoms with Crippen LogP contribution in [-0.2, 0) is 29.2 Å². The summed E-state index contributed by atoms with van der Waals surface area (Å²) in [7, 11) is -4.53. The third-order valence-electron chi connectivity index (χ3n) is 6.18. The number of benzene rings is 3. The summed E-state index contributed by atoms with van der Waals surface area (Å²) in [5, 5.41) is 2.13. The molecule has 0 aliphatic heterocycles. The van der Waals surface area contributed by atoms with Crippen molar-refractivity contribution in [2.75, 3.05) is 13.2 Å². The van der Waals surface area contributed by atoms with Crippen molar-refractivity contribution in [1.29, 1.82) is 0 Å². The summed E-state index contributed by atoms with van der Waals surface area (Å²) in [6.07, 6.45) is -0.191. The van der Waals surface area contributed by atoms with Crippen molar-refractivity contribution in [3.8, 4) is 11.5 Å². The number of hydrogen-bond acceptors (Lipinski definition) is 8. The third kappa shape index (κ3) is 7.19. The maximum absolute atomic E-state index is 12.1. The highest BCUT2D eigenvalue weighted by atomic mass is 32.2. The topological polar surface area (TPSA) is 125 Å². The van der Waals surface area contributed by atoms with Crippen LogP contribution < -0.4 is 9.47 Å². The van der Waals surface area contributed by atoms with Crippen LogP contribution in [0.5, 0.6) is 11.5 Å². The van der Waals surface area contributed by atoms with E-state index in [9.17, 15) is 22.6 Å². The number of fused-ring (bicyclic) bond motifs is 2. The van der Waals surface area contributed by atoms with Crippen LogP contribution in [0.3, 0.4) is 0 Å². The number of ether oxygens (including phenoxy) is 4. The molecule has 40 heavy (non-hydrogen) atoms. The van der Waals surface area contributed by atoms with Crippen LogP contribution in [0.25, 0.3) is 21.5 Å². The second-order valence-corrected chi connectivity index (χ2v) is 10.9. The molecule has 0 amide bonds. The van der Waals surface area contributed by atoms with E-state index in [4.69, 9.17) is 18.9 Å². The molecule has 214 valence electrons. The maximum atomic E-state index is 12.1. The minimum absolute atomic E-state index is 0.0142. The molecule has 3 rings (SSSR count). The Morgan fingerprint density at radius 2 is 1.20 bits per heavy atom. The quantitative estimate of drug-likeness (QED) is 0.118. The fraction of sp³-hybridized carbons (Fsp3) is 0.333. The summed E-state index contributed by atoms with van der Waals surface area (Å²) in [5.74, 6) is -0.315. The van der Waals surface area contributed by atoms with Gasteiger partial charge in [0.1, 0.15) is 36.9 Å². The Bertz CT molecular complexity index is 1560. The number of carbonyl (C=O) groups excluding carboxylic acids is 2. The van der Waals surface area contributed by atoms with E-state index in [-0.39, 0.29) is 29.3 Å². The Morgan fingerprint density at radius 1 is 0.775 bits per heavy atom. The first-order chi connectivity index (χ1) is 18.9. The molecular formula is C30H34O9S. The van der Waals surface area contributed by atoms with Crippen molar-refractivity contribution in [2.45, 2.75) is 57.6 Å². The predicted molar refractivity (Wildman–Crippen MR) is 152 cm³/mol. The second-order valence-electron chi connectivity index (χ2n) is 9.44. The molecule has 0 heterocycles. The molecule has 0 aliphatic carbocycles. The molecule has 3 aromatic rings. The van der Waals surface area contributed by atoms with Gasteiger partial charge < -0.3 is 18.9 Å². The number of hydrogen-bond donors (Lipinski definition) is 1. The number of esters is 2. The summed E-state index contributed by atoms with van der Waals surface area (Å²) in [4.78, 5) is 23.8. The van der Waals surface area contributed by atoms with E-state index in [2.05, 4.69) is 13.2 Å². The first-order valence-corrected chi connectivity index (χ1v) is 14.3. The van der Waals surface area contributed by atoms with E-state index in [1.165, 1.54) is 18.2 Å². The third-order valence-corrected chi connectivity index (χ3v) is 7.03. The van der Waals surface area contributed by atoms with Crippen LogP contribution in [0.1, 0.15) is 40.5 Å². The van der Waals surface area contributed by atoms with Crippen molar-refractivity contribution in [1.82, 2.24) is 0 Å². The van der Waals surface area contributed by atoms with E-state index in [0.29, 0.717) is 45.9 Å². The van der Waals surface area contributed by atoms with Crippen LogP contribution >= 0.6 is 0 Å². The predicted octanol–water partition coefficient (Wildman–Crippen LogP) is 5.79. The van der Waals surface area contributed by atoms with Gasteiger partial charge in [0.15, 0.2) is 0 Å². The molecular weight excluding hydrogens is 536 g/mol. The smallest absolute Gasteiger partial charge is 0.333 e. The molecule has 0 spiro atoms. The van der Waals surface area contributed by atoms with Crippen LogP contribution in [0.2, 0.25) is 0 Å². The summed E-state index contributed by atoms with van der Waals surface area (Å²) >= 11 is 0. The molecule has 9 nitrogen and oxygen atoms in total. The van der Waals surface area contributed by atoms with Crippen LogP contribution in [0.15, 0.2) is 71.7 Å². The molecule has 2 atom stereocenters. The van der Waals surface area contributed by atoms with Crippen LogP contribution in [0, 0.1) is 0 Å². The van der Waals surface area contributed by atoms with Gasteiger partial charge in [0.05, 0.1) is 4.90 Å². The largest absolute Gasteiger partial charge is 0.488 e. The van der Waals surface area contributed by atoms with Gasteiger partial charge in [0, 0.05) is 32.7 Å². The van der Waals surface area contributed by atoms with Gasteiger partial charge in [-0.25, -0.2) is 9.59 Å². The van der Waals surface area contributed by atoms with Crippen molar-refractivity contribution in [3.05, 3.63) is 66.8 Å². The van der Waals surface area contributed by atoms with Gasteiger partial charge in [-0.3, -0.25) is 4.55 Å². The number of rotatable bonds is 13. The van der Waals surface area contributed by atoms with E-state index >= 15 is 0 Å². The zero-order chi connectivity index (χ0) is 29.6. The van der Waals surface area contributed by atoms with E-state index < -0.39 is 34.3 Å². The molecule has 3 aromatic carbocycles. The average molecular weight is 571 g/mol. The van der Waals surface area contributed by atoms with Crippen molar-refractivity contribution in [2.24, 2.45) is 0 Å². The lowest BCUT2D eigenvalue weighted by atomic mass is 10.0. The van der Waals surface area contributed by atoms with Crippen molar-refractivity contribution < 1.29 is 41.5 Å². The Kier molecular flexibility index (Phi) is 9.94. The SMILES string of the molecule is C=C(C)C(=O)OC(CC)COc1c2ccccc2c(OCC(CC)OC(=O)C(=C)C)c2cc(S(=O)(=O)O)ccc12. The molecule has 0 radical (unpaired) electrons. The Morgan fingerprint density at radius 3 is 1.60 bits per heavy atom. The Labute approximate surface area is 234 Å². The normalized spacial score (nSPS) is 12.9. The van der Waals surface area contributed by atoms with E-state index in [1.807, 2.05) is 26.0 Å². The van der Waals surface area contributed by atoms with Gasteiger partial charge in [0.2, 0.25) is 0 Å². The summed E-state index contributed by atoms with van der Waals surface area (Å²) < 4.78 is 57.1. The monoisotopic (exact) mass is 570 g/mol. The fourth-order valence-electron chi connectivity index (χ4n) is 3.88. The van der Waals surface area contributed by atoms with Crippen molar-refractivity contribution in [3.63, 3.8) is 0 Å². The summed E-state index contributed by atoms with van der Waals surface area (Å²) in [6, 6.07) is 11.3. The fourth-order valence-corrected chi connectivity index (χ4v) is 4.38. The minimum Gasteiger partial charge on any atom is -0.488 e. The average Bonchev–Trinajstić information content (AvgIpc) is 2.91. The molecule has 0 saturated heterocycles. The Hall–Kier alpha value is -3.89. The number of carbonyl (C=O) groups is 2. The van der Waals surface area contributed by atoms with Gasteiger partial charge in [-0.15, -0.1) is 0 Å². The minimum atomic E-state index is -4.53. The molecule has 2 unspecified atom stereocenters. The molecule has 1 N–H and O–H groups in total. The zero-order valence-corrected chi connectivity index (χ0v) is 23.9. The Balaban J connectivity index is 2.13. The van der Waals surface area contributed by atoms with Gasteiger partial charge >= 0.3 is 11.9 Å². The van der Waals surface area contributed by atoms with Gasteiger partial charge in [-0.1, -0.05) is 51.3 Å². The lowest BCUT2D eigenvalue weighted by Gasteiger charge is -2.22. The molecule has 0 saturated carbocycles. The highest BCUT2D eigenvalue weighted by molar-refractivity contribution is 7.85. The zero-order valence-electron chi connectivity index (χ0n) is 23.1. The lowest BCUT2D eigenvalue weighted by molar-refractivity contribution is -0.146. The van der Waals surface area contributed by atoms with Crippen LogP contribution in [-0.4, -0.2) is 50.3 Å². The van der Waals surface area contributed by atoms with E-state index in [0.717, 1.165) is 0 Å². The molecule has 10 heteroatoms. The lowest BCUT2D eigenvalue weighted by Crippen LogP contribution is -2.25. The van der Waals surface area contributed by atoms with Gasteiger partial charge in [0.25, 0.3) is 10.1 Å². The molecule has 0 aromatic heterocycles. The van der Waals surface area contributed by atoms with Gasteiger partial charge in [-0.05, 0) is 44.9 Å². The maximum Gasteiger partial charge on any atom is 0.333 e. The summed E-state index contributed by atoms with van der Waals surface area (Å²) in [5.41, 5.74) is 0.529. The second kappa shape index (κ2) is 13.0. The molecule has 0 bridgehead atoms. The van der Waals surface area contributed by atoms with Crippen molar-refractivity contribution >= 4 is 43.6 Å². The van der Waals surface area contributed by atoms with Gasteiger partial charge in [-0.2, -0.15) is 8.42 Å². The first-order valence-electron chi connectivity index (χ1n) is 12.8.